The molecule has 0 saturated heterocycles. The maximum atomic E-state index is 12.7. The number of hydrogen-bond acceptors (Lipinski definition) is 2. The zero-order valence-corrected chi connectivity index (χ0v) is 14.7. The summed E-state index contributed by atoms with van der Waals surface area (Å²) in [5.41, 5.74) is 4.83. The van der Waals surface area contributed by atoms with Crippen molar-refractivity contribution in [3.8, 4) is 11.3 Å². The van der Waals surface area contributed by atoms with Crippen LogP contribution in [0, 0.1) is 0 Å². The number of aromatic nitrogens is 2. The fraction of sp³-hybridized carbons (Fsp3) is 0.273. The van der Waals surface area contributed by atoms with E-state index >= 15 is 0 Å². The van der Waals surface area contributed by atoms with Crippen LogP contribution in [-0.4, -0.2) is 21.5 Å². The van der Waals surface area contributed by atoms with Gasteiger partial charge < -0.3 is 9.88 Å². The molecule has 1 amide bonds. The molecule has 1 aliphatic heterocycles. The lowest BCUT2D eigenvalue weighted by atomic mass is 9.68. The van der Waals surface area contributed by atoms with E-state index in [0.29, 0.717) is 0 Å². The van der Waals surface area contributed by atoms with Gasteiger partial charge in [0.1, 0.15) is 0 Å². The van der Waals surface area contributed by atoms with Gasteiger partial charge in [-0.25, -0.2) is 4.98 Å². The van der Waals surface area contributed by atoms with Gasteiger partial charge in [0.15, 0.2) is 0 Å². The van der Waals surface area contributed by atoms with Crippen LogP contribution in [0.2, 0.25) is 0 Å². The highest BCUT2D eigenvalue weighted by molar-refractivity contribution is 5.83. The predicted octanol–water partition coefficient (Wildman–Crippen LogP) is 3.69. The van der Waals surface area contributed by atoms with Crippen molar-refractivity contribution in [2.24, 2.45) is 0 Å². The van der Waals surface area contributed by atoms with Gasteiger partial charge in [0.25, 0.3) is 0 Å². The number of nitrogens with one attached hydrogen (secondary N) is 1. The smallest absolute Gasteiger partial charge is 0.227 e. The summed E-state index contributed by atoms with van der Waals surface area (Å²) >= 11 is 0. The molecule has 2 aliphatic rings. The Balaban J connectivity index is 1.34. The van der Waals surface area contributed by atoms with Gasteiger partial charge in [-0.05, 0) is 30.9 Å². The van der Waals surface area contributed by atoms with Gasteiger partial charge in [-0.15, -0.1) is 0 Å². The minimum absolute atomic E-state index is 0.0453. The molecular weight excluding hydrogens is 322 g/mol. The summed E-state index contributed by atoms with van der Waals surface area (Å²) in [6.45, 7) is 1.97. The molecule has 0 bridgehead atoms. The molecule has 1 fully saturated rings. The van der Waals surface area contributed by atoms with E-state index in [2.05, 4.69) is 39.1 Å². The molecule has 1 aliphatic carbocycles. The van der Waals surface area contributed by atoms with E-state index in [0.717, 1.165) is 18.4 Å². The van der Waals surface area contributed by atoms with E-state index in [1.54, 1.807) is 0 Å². The van der Waals surface area contributed by atoms with Crippen LogP contribution >= 0.6 is 0 Å². The second-order valence-corrected chi connectivity index (χ2v) is 7.47. The Morgan fingerprint density at radius 3 is 2.69 bits per heavy atom. The zero-order valence-electron chi connectivity index (χ0n) is 14.7. The molecule has 4 heteroatoms. The van der Waals surface area contributed by atoms with Gasteiger partial charge in [0, 0.05) is 11.6 Å². The third-order valence-electron chi connectivity index (χ3n) is 6.01. The lowest BCUT2D eigenvalue weighted by Gasteiger charge is -2.47. The fourth-order valence-electron chi connectivity index (χ4n) is 4.57. The highest BCUT2D eigenvalue weighted by Crippen LogP contribution is 2.54. The molecule has 26 heavy (non-hydrogen) atoms. The van der Waals surface area contributed by atoms with E-state index in [9.17, 15) is 4.79 Å². The molecule has 4 nitrogen and oxygen atoms in total. The van der Waals surface area contributed by atoms with Gasteiger partial charge >= 0.3 is 0 Å². The van der Waals surface area contributed by atoms with E-state index in [4.69, 9.17) is 0 Å². The van der Waals surface area contributed by atoms with Crippen molar-refractivity contribution >= 4 is 5.91 Å². The number of benzene rings is 2. The standard InChI is InChI=1S/C22H21N3O/c1-15(16-7-3-2-4-8-16)21(26)24-17-11-22(12-17)19-10-6-5-9-18(19)20-13-23-14-25(20)22/h2-10,13-15,17H,11-12H2,1H3,(H,24,26). The van der Waals surface area contributed by atoms with Crippen molar-refractivity contribution in [1.82, 2.24) is 14.9 Å². The van der Waals surface area contributed by atoms with Crippen molar-refractivity contribution in [3.05, 3.63) is 78.2 Å². The van der Waals surface area contributed by atoms with Crippen molar-refractivity contribution in [3.63, 3.8) is 0 Å². The second kappa shape index (κ2) is 5.56. The molecule has 1 saturated carbocycles. The topological polar surface area (TPSA) is 46.9 Å². The number of hydrogen-bond donors (Lipinski definition) is 1. The highest BCUT2D eigenvalue weighted by atomic mass is 16.1. The van der Waals surface area contributed by atoms with Gasteiger partial charge in [-0.3, -0.25) is 4.79 Å². The maximum absolute atomic E-state index is 12.7. The molecule has 130 valence electrons. The molecular formula is C22H21N3O. The molecule has 0 radical (unpaired) electrons. The Hall–Kier alpha value is -2.88. The summed E-state index contributed by atoms with van der Waals surface area (Å²) in [6, 6.07) is 18.7. The van der Waals surface area contributed by atoms with E-state index < -0.39 is 0 Å². The monoisotopic (exact) mass is 343 g/mol. The molecule has 5 rings (SSSR count). The Bertz CT molecular complexity index is 970. The number of carbonyl (C=O) groups is 1. The average Bonchev–Trinajstić information content (AvgIpc) is 3.22. The average molecular weight is 343 g/mol. The summed E-state index contributed by atoms with van der Waals surface area (Å²) in [5, 5.41) is 3.25. The van der Waals surface area contributed by atoms with E-state index in [-0.39, 0.29) is 23.4 Å². The zero-order chi connectivity index (χ0) is 17.7. The number of nitrogens with zero attached hydrogens (tertiary/aromatic N) is 2. The third-order valence-corrected chi connectivity index (χ3v) is 6.01. The first-order valence-corrected chi connectivity index (χ1v) is 9.17. The normalized spacial score (nSPS) is 23.8. The van der Waals surface area contributed by atoms with Crippen LogP contribution in [0.5, 0.6) is 0 Å². The summed E-state index contributed by atoms with van der Waals surface area (Å²) in [5.74, 6) is -0.0272. The number of carbonyl (C=O) groups excluding carboxylic acids is 1. The van der Waals surface area contributed by atoms with Crippen LogP contribution in [0.15, 0.2) is 67.1 Å². The SMILES string of the molecule is CC(C(=O)NC1CC2(C1)c1ccccc1-c1cncn12)c1ccccc1. The van der Waals surface area contributed by atoms with Crippen molar-refractivity contribution < 1.29 is 4.79 Å². The first-order valence-electron chi connectivity index (χ1n) is 9.17. The molecule has 1 aromatic heterocycles. The quantitative estimate of drug-likeness (QED) is 0.788. The van der Waals surface area contributed by atoms with Gasteiger partial charge in [-0.1, -0.05) is 54.6 Å². The summed E-state index contributed by atoms with van der Waals surface area (Å²) in [7, 11) is 0. The Morgan fingerprint density at radius 1 is 1.15 bits per heavy atom. The fourth-order valence-corrected chi connectivity index (χ4v) is 4.57. The molecule has 3 aromatic rings. The number of rotatable bonds is 3. The van der Waals surface area contributed by atoms with Crippen LogP contribution < -0.4 is 5.32 Å². The Labute approximate surface area is 152 Å². The third kappa shape index (κ3) is 2.08. The lowest BCUT2D eigenvalue weighted by molar-refractivity contribution is -0.124. The predicted molar refractivity (Wildman–Crippen MR) is 101 cm³/mol. The molecule has 2 heterocycles. The summed E-state index contributed by atoms with van der Waals surface area (Å²) in [6.07, 6.45) is 5.71. The van der Waals surface area contributed by atoms with Crippen LogP contribution in [-0.2, 0) is 10.3 Å². The van der Waals surface area contributed by atoms with Crippen LogP contribution in [0.1, 0.15) is 36.8 Å². The first kappa shape index (κ1) is 15.4. The minimum Gasteiger partial charge on any atom is -0.353 e. The van der Waals surface area contributed by atoms with Crippen LogP contribution in [0.4, 0.5) is 0 Å². The van der Waals surface area contributed by atoms with Crippen molar-refractivity contribution in [1.29, 1.82) is 0 Å². The van der Waals surface area contributed by atoms with E-state index in [1.807, 2.05) is 49.8 Å². The lowest BCUT2D eigenvalue weighted by Crippen LogP contribution is -2.56. The molecule has 1 N–H and O–H groups in total. The summed E-state index contributed by atoms with van der Waals surface area (Å²) in [4.78, 5) is 17.0. The van der Waals surface area contributed by atoms with E-state index in [1.165, 1.54) is 16.8 Å². The second-order valence-electron chi connectivity index (χ2n) is 7.47. The van der Waals surface area contributed by atoms with Crippen molar-refractivity contribution in [2.45, 2.75) is 37.3 Å². The van der Waals surface area contributed by atoms with Crippen LogP contribution in [0.25, 0.3) is 11.3 Å². The van der Waals surface area contributed by atoms with Gasteiger partial charge in [0.2, 0.25) is 5.91 Å². The Morgan fingerprint density at radius 2 is 1.88 bits per heavy atom. The highest BCUT2D eigenvalue weighted by Gasteiger charge is 2.52. The van der Waals surface area contributed by atoms with Gasteiger partial charge in [0.05, 0.1) is 29.7 Å². The largest absolute Gasteiger partial charge is 0.353 e. The van der Waals surface area contributed by atoms with Crippen molar-refractivity contribution in [2.75, 3.05) is 0 Å². The summed E-state index contributed by atoms with van der Waals surface area (Å²) < 4.78 is 2.29. The first-order chi connectivity index (χ1) is 12.7. The molecule has 1 spiro atoms. The number of fused-ring (bicyclic) bond motifs is 5. The minimum atomic E-state index is -0.132. The number of amides is 1. The molecule has 2 aromatic carbocycles. The van der Waals surface area contributed by atoms with Gasteiger partial charge in [-0.2, -0.15) is 0 Å². The van der Waals surface area contributed by atoms with Crippen LogP contribution in [0.3, 0.4) is 0 Å². The maximum Gasteiger partial charge on any atom is 0.227 e. The molecule has 1 atom stereocenters. The molecule has 1 unspecified atom stereocenters. The Kier molecular flexibility index (Phi) is 3.29. The number of imidazole rings is 1.